The van der Waals surface area contributed by atoms with E-state index in [4.69, 9.17) is 0 Å². The van der Waals surface area contributed by atoms with Crippen LogP contribution < -0.4 is 0 Å². The lowest BCUT2D eigenvalue weighted by Crippen LogP contribution is -2.52. The van der Waals surface area contributed by atoms with Crippen LogP contribution in [0.3, 0.4) is 0 Å². The Balaban J connectivity index is 0.000000196. The minimum atomic E-state index is -5.01. The van der Waals surface area contributed by atoms with E-state index in [0.717, 1.165) is 23.3 Å². The highest BCUT2D eigenvalue weighted by molar-refractivity contribution is 5.88. The molecule has 348 valence electrons. The lowest BCUT2D eigenvalue weighted by molar-refractivity contribution is -0.384. The van der Waals surface area contributed by atoms with Crippen molar-refractivity contribution in [2.45, 2.75) is 62.3 Å². The number of carbonyl (C=O) groups excluding carboxylic acids is 2. The summed E-state index contributed by atoms with van der Waals surface area (Å²) in [4.78, 5) is 47.3. The summed E-state index contributed by atoms with van der Waals surface area (Å²) in [6.07, 6.45) is -7.03. The average molecular weight is 923 g/mol. The molecular weight excluding hydrogens is 879 g/mol. The third-order valence-corrected chi connectivity index (χ3v) is 12.1. The fourth-order valence-corrected chi connectivity index (χ4v) is 8.49. The number of nitro benzene ring substituents is 2. The predicted molar refractivity (Wildman–Crippen MR) is 230 cm³/mol. The van der Waals surface area contributed by atoms with Crippen molar-refractivity contribution >= 4 is 44.7 Å². The maximum Gasteiger partial charge on any atom is 0.422 e. The van der Waals surface area contributed by atoms with E-state index in [1.807, 2.05) is 0 Å². The highest BCUT2D eigenvalue weighted by Crippen LogP contribution is 2.46. The van der Waals surface area contributed by atoms with Gasteiger partial charge in [0.25, 0.3) is 11.4 Å². The molecule has 0 saturated carbocycles. The molecule has 0 amide bonds. The largest absolute Gasteiger partial charge is 0.422 e. The van der Waals surface area contributed by atoms with Crippen LogP contribution in [0.4, 0.5) is 37.7 Å². The molecule has 2 fully saturated rings. The van der Waals surface area contributed by atoms with Gasteiger partial charge in [-0.25, -0.2) is 0 Å². The molecule has 0 aliphatic carbocycles. The topological polar surface area (TPSA) is 177 Å². The molecule has 2 aliphatic rings. The Hall–Kier alpha value is -6.48. The summed E-state index contributed by atoms with van der Waals surface area (Å²) in [7, 11) is 0. The normalized spacial score (nSPS) is 17.3. The maximum absolute atomic E-state index is 14.3. The zero-order valence-electron chi connectivity index (χ0n) is 35.2. The first-order valence-corrected chi connectivity index (χ1v) is 20.9. The Bertz CT molecular complexity index is 2550. The molecule has 0 spiro atoms. The number of aromatic nitrogens is 2. The molecule has 0 radical (unpaired) electrons. The third kappa shape index (κ3) is 10.0. The Morgan fingerprint density at radius 1 is 0.530 bits per heavy atom. The number of aliphatic hydroxyl groups is 2. The molecule has 2 atom stereocenters. The second kappa shape index (κ2) is 18.8. The number of likely N-dealkylation sites (tertiary alicyclic amines) is 2. The van der Waals surface area contributed by atoms with Crippen LogP contribution in [0.1, 0.15) is 47.9 Å². The molecule has 4 heterocycles. The van der Waals surface area contributed by atoms with Crippen LogP contribution >= 0.6 is 0 Å². The van der Waals surface area contributed by atoms with E-state index >= 15 is 0 Å². The number of alkyl halides is 6. The second-order valence-electron chi connectivity index (χ2n) is 16.6. The van der Waals surface area contributed by atoms with Gasteiger partial charge in [0.05, 0.1) is 20.9 Å². The second-order valence-corrected chi connectivity index (χ2v) is 16.6. The number of rotatable bonds is 12. The van der Waals surface area contributed by atoms with Gasteiger partial charge in [0, 0.05) is 137 Å². The van der Waals surface area contributed by atoms with Crippen molar-refractivity contribution in [2.75, 3.05) is 39.3 Å². The number of halogens is 6. The first-order chi connectivity index (χ1) is 31.2. The molecule has 66 heavy (non-hydrogen) atoms. The standard InChI is InChI=1S/2C23H22F3N3O4/c2*24-23(25,26)22(31,15-27-10-8-18(30)9-11-27)20-14-28(13-16-4-2-1-3-5-16)21-12-17(29(32)33)6-7-19(20)21/h2*1-7,12,14,31H,8-11,13,15H2. The summed E-state index contributed by atoms with van der Waals surface area (Å²) in [5.41, 5.74) is -5.67. The van der Waals surface area contributed by atoms with Gasteiger partial charge >= 0.3 is 12.4 Å². The highest BCUT2D eigenvalue weighted by atomic mass is 19.4. The number of nitro groups is 2. The molecule has 2 aliphatic heterocycles. The number of carbonyl (C=O) groups is 2. The number of fused-ring (bicyclic) bond motifs is 2. The van der Waals surface area contributed by atoms with Gasteiger partial charge in [0.15, 0.2) is 0 Å². The number of ketones is 2. The summed E-state index contributed by atoms with van der Waals surface area (Å²) in [6.45, 7) is -0.598. The molecule has 2 aromatic heterocycles. The first kappa shape index (κ1) is 47.5. The Kier molecular flexibility index (Phi) is 13.5. The maximum atomic E-state index is 14.3. The van der Waals surface area contributed by atoms with Crippen LogP contribution in [-0.2, 0) is 33.9 Å². The summed E-state index contributed by atoms with van der Waals surface area (Å²) in [6, 6.07) is 25.1. The predicted octanol–water partition coefficient (Wildman–Crippen LogP) is 8.03. The van der Waals surface area contributed by atoms with E-state index in [-0.39, 0.29) is 121 Å². The van der Waals surface area contributed by atoms with Crippen LogP contribution in [0.25, 0.3) is 21.8 Å². The van der Waals surface area contributed by atoms with Crippen molar-refractivity contribution < 1.29 is 56.0 Å². The van der Waals surface area contributed by atoms with Crippen LogP contribution in [0, 0.1) is 20.2 Å². The van der Waals surface area contributed by atoms with E-state index in [1.54, 1.807) is 60.7 Å². The molecule has 0 bridgehead atoms. The molecule has 8 rings (SSSR count). The quantitative estimate of drug-likeness (QED) is 0.0694. The minimum Gasteiger partial charge on any atom is -0.375 e. The van der Waals surface area contributed by atoms with Gasteiger partial charge in [0.1, 0.15) is 11.6 Å². The van der Waals surface area contributed by atoms with Gasteiger partial charge in [-0.15, -0.1) is 0 Å². The fourth-order valence-electron chi connectivity index (χ4n) is 8.49. The lowest BCUT2D eigenvalue weighted by atomic mass is 9.91. The molecule has 6 aromatic rings. The number of benzene rings is 4. The summed E-state index contributed by atoms with van der Waals surface area (Å²) in [5, 5.41) is 45.0. The number of hydrogen-bond acceptors (Lipinski definition) is 10. The van der Waals surface area contributed by atoms with Gasteiger partial charge < -0.3 is 19.3 Å². The van der Waals surface area contributed by atoms with Crippen molar-refractivity contribution in [1.82, 2.24) is 18.9 Å². The van der Waals surface area contributed by atoms with E-state index in [1.165, 1.54) is 55.6 Å². The zero-order valence-corrected chi connectivity index (χ0v) is 35.2. The van der Waals surface area contributed by atoms with Gasteiger partial charge in [-0.2, -0.15) is 26.3 Å². The van der Waals surface area contributed by atoms with E-state index < -0.39 is 46.5 Å². The Labute approximate surface area is 372 Å². The van der Waals surface area contributed by atoms with Gasteiger partial charge in [-0.05, 0) is 23.3 Å². The monoisotopic (exact) mass is 922 g/mol. The number of hydrogen-bond donors (Lipinski definition) is 2. The highest BCUT2D eigenvalue weighted by Gasteiger charge is 2.58. The van der Waals surface area contributed by atoms with Gasteiger partial charge in [-0.3, -0.25) is 39.6 Å². The summed E-state index contributed by atoms with van der Waals surface area (Å²) >= 11 is 0. The number of piperidine rings is 2. The van der Waals surface area contributed by atoms with Crippen molar-refractivity contribution in [3.63, 3.8) is 0 Å². The van der Waals surface area contributed by atoms with Crippen molar-refractivity contribution in [3.8, 4) is 0 Å². The van der Waals surface area contributed by atoms with Crippen LogP contribution in [0.2, 0.25) is 0 Å². The summed E-state index contributed by atoms with van der Waals surface area (Å²) in [5.74, 6) is -0.0397. The first-order valence-electron chi connectivity index (χ1n) is 20.9. The number of Topliss-reactive ketones (excluding diaryl/α,β-unsaturated/α-hetero) is 2. The van der Waals surface area contributed by atoms with E-state index in [2.05, 4.69) is 0 Å². The average Bonchev–Trinajstić information content (AvgIpc) is 3.83. The van der Waals surface area contributed by atoms with E-state index in [9.17, 15) is 66.4 Å². The lowest BCUT2D eigenvalue weighted by Gasteiger charge is -2.37. The SMILES string of the molecule is O=C1CCN(CC(O)(c2cn(Cc3ccccc3)c3cc([N+](=O)[O-])ccc23)C(F)(F)F)CC1.O=C1CCN(CC(O)(c2cn(Cc3ccccc3)c3cc([N+](=O)[O-])ccc23)C(F)(F)F)CC1. The molecule has 2 unspecified atom stereocenters. The number of β-amino-alcohol motifs (C(OH)–C–C–N with tert-alkyl or cyclic N) is 2. The molecule has 14 nitrogen and oxygen atoms in total. The molecule has 20 heteroatoms. The van der Waals surface area contributed by atoms with Crippen LogP contribution in [-0.4, -0.2) is 102 Å². The third-order valence-electron chi connectivity index (χ3n) is 12.1. The van der Waals surface area contributed by atoms with Crippen molar-refractivity contribution in [1.29, 1.82) is 0 Å². The van der Waals surface area contributed by atoms with Gasteiger partial charge in [-0.1, -0.05) is 60.7 Å². The number of non-ortho nitro benzene ring substituents is 2. The molecular formula is C46H44F6N6O8. The van der Waals surface area contributed by atoms with Crippen LogP contribution in [0.15, 0.2) is 109 Å². The minimum absolute atomic E-state index is 0.0198. The van der Waals surface area contributed by atoms with Crippen molar-refractivity contribution in [2.24, 2.45) is 0 Å². The smallest absolute Gasteiger partial charge is 0.375 e. The molecule has 2 N–H and O–H groups in total. The Morgan fingerprint density at radius 2 is 0.864 bits per heavy atom. The van der Waals surface area contributed by atoms with Crippen molar-refractivity contribution in [3.05, 3.63) is 152 Å². The van der Waals surface area contributed by atoms with Gasteiger partial charge in [0.2, 0.25) is 11.2 Å². The summed E-state index contributed by atoms with van der Waals surface area (Å²) < 4.78 is 89.0. The molecule has 4 aromatic carbocycles. The molecule has 2 saturated heterocycles. The zero-order chi connectivity index (χ0) is 47.6. The van der Waals surface area contributed by atoms with E-state index in [0.29, 0.717) is 0 Å². The van der Waals surface area contributed by atoms with Crippen LogP contribution in [0.5, 0.6) is 0 Å². The Morgan fingerprint density at radius 3 is 1.17 bits per heavy atom. The fraction of sp³-hybridized carbons (Fsp3) is 0.348. The number of nitrogens with zero attached hydrogens (tertiary/aromatic N) is 6.